The van der Waals surface area contributed by atoms with Gasteiger partial charge in [0.1, 0.15) is 0 Å². The monoisotopic (exact) mass is 426 g/mol. The molecule has 1 N–H and O–H groups in total. The first-order valence-electron chi connectivity index (χ1n) is 8.02. The molecule has 8 heteroatoms. The maximum Gasteiger partial charge on any atom is 0.187 e. The highest BCUT2D eigenvalue weighted by molar-refractivity contribution is 7.15. The first-order chi connectivity index (χ1) is 12.5. The minimum Gasteiger partial charge on any atom is -0.329 e. The standard InChI is InChI=1S/C18H17Cl3N4S/c1-2-25(10-12-3-5-22-6-4-12)11-14-9-23-18(26-14)24-17-15(20)7-13(19)8-16(17)21/h3-9H,2,10-11H2,1H3,(H,23,24). The molecule has 4 nitrogen and oxygen atoms in total. The topological polar surface area (TPSA) is 41.1 Å². The van der Waals surface area contributed by atoms with Gasteiger partial charge in [0.05, 0.1) is 15.7 Å². The Morgan fingerprint density at radius 2 is 1.77 bits per heavy atom. The third-order valence-electron chi connectivity index (χ3n) is 3.77. The molecule has 2 aromatic heterocycles. The number of hydrogen-bond donors (Lipinski definition) is 1. The van der Waals surface area contributed by atoms with Crippen molar-refractivity contribution in [3.63, 3.8) is 0 Å². The highest BCUT2D eigenvalue weighted by Gasteiger charge is 2.12. The molecule has 3 rings (SSSR count). The summed E-state index contributed by atoms with van der Waals surface area (Å²) in [5.41, 5.74) is 1.85. The Hall–Kier alpha value is -1.37. The van der Waals surface area contributed by atoms with E-state index in [0.29, 0.717) is 20.8 Å². The summed E-state index contributed by atoms with van der Waals surface area (Å²) in [5.74, 6) is 0. The van der Waals surface area contributed by atoms with Crippen LogP contribution in [0.5, 0.6) is 0 Å². The molecule has 3 aromatic rings. The van der Waals surface area contributed by atoms with Gasteiger partial charge in [-0.25, -0.2) is 4.98 Å². The highest BCUT2D eigenvalue weighted by atomic mass is 35.5. The molecule has 2 heterocycles. The van der Waals surface area contributed by atoms with Crippen LogP contribution in [0, 0.1) is 0 Å². The Balaban J connectivity index is 1.68. The van der Waals surface area contributed by atoms with Gasteiger partial charge in [0, 0.05) is 41.6 Å². The summed E-state index contributed by atoms with van der Waals surface area (Å²) in [7, 11) is 0. The third kappa shape index (κ3) is 5.09. The van der Waals surface area contributed by atoms with E-state index in [2.05, 4.69) is 27.1 Å². The van der Waals surface area contributed by atoms with Gasteiger partial charge < -0.3 is 5.32 Å². The molecular weight excluding hydrogens is 411 g/mol. The fourth-order valence-electron chi connectivity index (χ4n) is 2.45. The second-order valence-corrected chi connectivity index (χ2v) is 8.03. The van der Waals surface area contributed by atoms with E-state index in [1.54, 1.807) is 23.5 Å². The average Bonchev–Trinajstić information content (AvgIpc) is 3.05. The molecule has 0 spiro atoms. The largest absolute Gasteiger partial charge is 0.329 e. The number of hydrogen-bond acceptors (Lipinski definition) is 5. The van der Waals surface area contributed by atoms with Gasteiger partial charge in [0.15, 0.2) is 5.13 Å². The van der Waals surface area contributed by atoms with E-state index < -0.39 is 0 Å². The minimum atomic E-state index is 0.465. The van der Waals surface area contributed by atoms with Crippen molar-refractivity contribution in [1.82, 2.24) is 14.9 Å². The molecule has 136 valence electrons. The van der Waals surface area contributed by atoms with Gasteiger partial charge in [-0.15, -0.1) is 11.3 Å². The van der Waals surface area contributed by atoms with Gasteiger partial charge in [0.25, 0.3) is 0 Å². The molecule has 0 aliphatic heterocycles. The maximum atomic E-state index is 6.22. The van der Waals surface area contributed by atoms with Gasteiger partial charge in [-0.2, -0.15) is 0 Å². The summed E-state index contributed by atoms with van der Waals surface area (Å²) >= 11 is 20.0. The predicted molar refractivity (Wildman–Crippen MR) is 111 cm³/mol. The van der Waals surface area contributed by atoms with Crippen LogP contribution >= 0.6 is 46.1 Å². The van der Waals surface area contributed by atoms with Crippen LogP contribution in [-0.4, -0.2) is 21.4 Å². The van der Waals surface area contributed by atoms with Crippen molar-refractivity contribution in [1.29, 1.82) is 0 Å². The zero-order chi connectivity index (χ0) is 18.5. The number of nitrogens with one attached hydrogen (secondary N) is 1. The highest BCUT2D eigenvalue weighted by Crippen LogP contribution is 2.36. The first kappa shape index (κ1) is 19.4. The Bertz CT molecular complexity index is 847. The van der Waals surface area contributed by atoms with Gasteiger partial charge >= 0.3 is 0 Å². The zero-order valence-corrected chi connectivity index (χ0v) is 17.1. The smallest absolute Gasteiger partial charge is 0.187 e. The van der Waals surface area contributed by atoms with E-state index in [1.165, 1.54) is 5.56 Å². The van der Waals surface area contributed by atoms with Crippen molar-refractivity contribution in [2.75, 3.05) is 11.9 Å². The summed E-state index contributed by atoms with van der Waals surface area (Å²) in [6.07, 6.45) is 5.51. The zero-order valence-electron chi connectivity index (χ0n) is 14.0. The van der Waals surface area contributed by atoms with Gasteiger partial charge in [-0.05, 0) is 36.4 Å². The Morgan fingerprint density at radius 1 is 1.08 bits per heavy atom. The Labute approximate surface area is 171 Å². The van der Waals surface area contributed by atoms with Gasteiger partial charge in [0.2, 0.25) is 0 Å². The van der Waals surface area contributed by atoms with E-state index in [4.69, 9.17) is 34.8 Å². The number of halogens is 3. The number of pyridine rings is 1. The van der Waals surface area contributed by atoms with E-state index in [1.807, 2.05) is 30.7 Å². The number of anilines is 2. The number of nitrogens with zero attached hydrogens (tertiary/aromatic N) is 3. The lowest BCUT2D eigenvalue weighted by Crippen LogP contribution is -2.21. The van der Waals surface area contributed by atoms with Crippen LogP contribution in [0.4, 0.5) is 10.8 Å². The van der Waals surface area contributed by atoms with Crippen molar-refractivity contribution in [2.45, 2.75) is 20.0 Å². The van der Waals surface area contributed by atoms with Crippen LogP contribution in [0.2, 0.25) is 15.1 Å². The molecule has 0 saturated carbocycles. The van der Waals surface area contributed by atoms with Crippen LogP contribution in [-0.2, 0) is 13.1 Å². The molecule has 0 bridgehead atoms. The molecule has 0 unspecified atom stereocenters. The van der Waals surface area contributed by atoms with Crippen LogP contribution < -0.4 is 5.32 Å². The third-order valence-corrected chi connectivity index (χ3v) is 5.49. The Kier molecular flexibility index (Phi) is 6.73. The van der Waals surface area contributed by atoms with Gasteiger partial charge in [-0.3, -0.25) is 9.88 Å². The van der Waals surface area contributed by atoms with Crippen molar-refractivity contribution < 1.29 is 0 Å². The molecule has 1 aromatic carbocycles. The molecule has 0 fully saturated rings. The SMILES string of the molecule is CCN(Cc1ccncc1)Cc1cnc(Nc2c(Cl)cc(Cl)cc2Cl)s1. The first-order valence-corrected chi connectivity index (χ1v) is 9.97. The average molecular weight is 428 g/mol. The molecule has 0 saturated heterocycles. The summed E-state index contributed by atoms with van der Waals surface area (Å²) in [6, 6.07) is 7.37. The number of aromatic nitrogens is 2. The lowest BCUT2D eigenvalue weighted by molar-refractivity contribution is 0.273. The van der Waals surface area contributed by atoms with E-state index in [-0.39, 0.29) is 0 Å². The second kappa shape index (κ2) is 9.02. The fraction of sp³-hybridized carbons (Fsp3) is 0.222. The maximum absolute atomic E-state index is 6.22. The summed E-state index contributed by atoms with van der Waals surface area (Å²) < 4.78 is 0. The lowest BCUT2D eigenvalue weighted by atomic mass is 10.2. The van der Waals surface area contributed by atoms with Crippen LogP contribution in [0.25, 0.3) is 0 Å². The fourth-order valence-corrected chi connectivity index (χ4v) is 4.22. The van der Waals surface area contributed by atoms with Crippen LogP contribution in [0.3, 0.4) is 0 Å². The Morgan fingerprint density at radius 3 is 2.42 bits per heavy atom. The summed E-state index contributed by atoms with van der Waals surface area (Å²) in [5, 5.41) is 5.36. The van der Waals surface area contributed by atoms with Crippen molar-refractivity contribution in [3.05, 3.63) is 68.4 Å². The normalized spacial score (nSPS) is 11.1. The second-order valence-electron chi connectivity index (χ2n) is 5.66. The quantitative estimate of drug-likeness (QED) is 0.483. The van der Waals surface area contributed by atoms with Gasteiger partial charge in [-0.1, -0.05) is 41.7 Å². The summed E-state index contributed by atoms with van der Waals surface area (Å²) in [6.45, 7) is 4.78. The predicted octanol–water partition coefficient (Wildman–Crippen LogP) is 6.26. The van der Waals surface area contributed by atoms with Crippen molar-refractivity contribution in [2.24, 2.45) is 0 Å². The number of thiazole rings is 1. The molecular formula is C18H17Cl3N4S. The van der Waals surface area contributed by atoms with Crippen molar-refractivity contribution in [3.8, 4) is 0 Å². The van der Waals surface area contributed by atoms with Crippen LogP contribution in [0.1, 0.15) is 17.4 Å². The number of rotatable bonds is 7. The van der Waals surface area contributed by atoms with E-state index in [0.717, 1.165) is 29.6 Å². The van der Waals surface area contributed by atoms with E-state index in [9.17, 15) is 0 Å². The minimum absolute atomic E-state index is 0.465. The summed E-state index contributed by atoms with van der Waals surface area (Å²) in [4.78, 5) is 12.0. The molecule has 26 heavy (non-hydrogen) atoms. The molecule has 0 radical (unpaired) electrons. The number of benzene rings is 1. The van der Waals surface area contributed by atoms with Crippen LogP contribution in [0.15, 0.2) is 42.9 Å². The molecule has 0 atom stereocenters. The molecule has 0 amide bonds. The molecule has 0 aliphatic rings. The van der Waals surface area contributed by atoms with Crippen molar-refractivity contribution >= 4 is 57.0 Å². The lowest BCUT2D eigenvalue weighted by Gasteiger charge is -2.19. The van der Waals surface area contributed by atoms with E-state index >= 15 is 0 Å². The molecule has 0 aliphatic carbocycles.